The van der Waals surface area contributed by atoms with Crippen LogP contribution in [0.3, 0.4) is 0 Å². The van der Waals surface area contributed by atoms with Crippen LogP contribution in [0.2, 0.25) is 0 Å². The van der Waals surface area contributed by atoms with Crippen molar-refractivity contribution in [2.45, 2.75) is 39.2 Å². The Bertz CT molecular complexity index is 658. The molecule has 7 nitrogen and oxygen atoms in total. The fourth-order valence-electron chi connectivity index (χ4n) is 2.53. The number of amides is 3. The van der Waals surface area contributed by atoms with Crippen LogP contribution in [0.4, 0.5) is 10.5 Å². The molecule has 2 rings (SSSR count). The molecular weight excluding hydrogens is 306 g/mol. The number of aryl methyl sites for hydroxylation is 1. The molecule has 0 aliphatic carbocycles. The van der Waals surface area contributed by atoms with Crippen molar-refractivity contribution in [2.24, 2.45) is 10.7 Å². The van der Waals surface area contributed by atoms with Gasteiger partial charge >= 0.3 is 6.03 Å². The summed E-state index contributed by atoms with van der Waals surface area (Å²) in [6, 6.07) is 7.49. The topological polar surface area (TPSA) is 99.8 Å². The average Bonchev–Trinajstić information content (AvgIpc) is 2.74. The van der Waals surface area contributed by atoms with Gasteiger partial charge in [0.1, 0.15) is 5.54 Å². The molecule has 1 aromatic carbocycles. The fourth-order valence-corrected chi connectivity index (χ4v) is 2.53. The Labute approximate surface area is 142 Å². The first-order valence-corrected chi connectivity index (χ1v) is 8.13. The smallest absolute Gasteiger partial charge is 0.325 e. The Morgan fingerprint density at radius 3 is 2.79 bits per heavy atom. The number of carbonyl (C=O) groups is 2. The molecule has 0 bridgehead atoms. The molecule has 1 aromatic rings. The largest absolute Gasteiger partial charge is 0.370 e. The van der Waals surface area contributed by atoms with Gasteiger partial charge in [0.2, 0.25) is 0 Å². The van der Waals surface area contributed by atoms with Crippen molar-refractivity contribution in [3.05, 3.63) is 29.8 Å². The first-order valence-electron chi connectivity index (χ1n) is 8.13. The Hall–Kier alpha value is -2.57. The molecule has 1 fully saturated rings. The van der Waals surface area contributed by atoms with E-state index in [4.69, 9.17) is 5.73 Å². The summed E-state index contributed by atoms with van der Waals surface area (Å²) < 4.78 is 0. The predicted molar refractivity (Wildman–Crippen MR) is 94.8 cm³/mol. The van der Waals surface area contributed by atoms with E-state index in [-0.39, 0.29) is 11.9 Å². The van der Waals surface area contributed by atoms with E-state index in [0.717, 1.165) is 11.3 Å². The van der Waals surface area contributed by atoms with E-state index in [2.05, 4.69) is 15.6 Å². The lowest BCUT2D eigenvalue weighted by Crippen LogP contribution is -2.43. The summed E-state index contributed by atoms with van der Waals surface area (Å²) in [4.78, 5) is 29.6. The second-order valence-electron chi connectivity index (χ2n) is 6.19. The first-order chi connectivity index (χ1) is 11.4. The molecular formula is C17H25N5O2. The van der Waals surface area contributed by atoms with Crippen molar-refractivity contribution in [2.75, 3.05) is 18.4 Å². The van der Waals surface area contributed by atoms with E-state index in [1.807, 2.05) is 38.1 Å². The minimum Gasteiger partial charge on any atom is -0.370 e. The zero-order chi connectivity index (χ0) is 17.7. The number of guanidine groups is 1. The summed E-state index contributed by atoms with van der Waals surface area (Å²) in [7, 11) is 0. The Kier molecular flexibility index (Phi) is 5.43. The Balaban J connectivity index is 1.82. The third-order valence-electron chi connectivity index (χ3n) is 4.16. The number of urea groups is 1. The van der Waals surface area contributed by atoms with E-state index >= 15 is 0 Å². The van der Waals surface area contributed by atoms with Gasteiger partial charge in [-0.1, -0.05) is 19.1 Å². The van der Waals surface area contributed by atoms with Crippen molar-refractivity contribution < 1.29 is 9.59 Å². The summed E-state index contributed by atoms with van der Waals surface area (Å²) >= 11 is 0. The highest BCUT2D eigenvalue weighted by Crippen LogP contribution is 2.20. The lowest BCUT2D eigenvalue weighted by molar-refractivity contribution is -0.130. The van der Waals surface area contributed by atoms with Gasteiger partial charge in [-0.3, -0.25) is 14.7 Å². The molecule has 0 radical (unpaired) electrons. The molecule has 1 aliphatic heterocycles. The van der Waals surface area contributed by atoms with Gasteiger partial charge in [-0.25, -0.2) is 4.79 Å². The van der Waals surface area contributed by atoms with Gasteiger partial charge in [0.25, 0.3) is 5.91 Å². The predicted octanol–water partition coefficient (Wildman–Crippen LogP) is 1.83. The SMILES string of the molecule is CCC1(C)NC(=O)N(CCCN=C(N)Nc2cccc(C)c2)C1=O. The van der Waals surface area contributed by atoms with Gasteiger partial charge in [0.15, 0.2) is 5.96 Å². The highest BCUT2D eigenvalue weighted by Gasteiger charge is 2.45. The normalized spacial score (nSPS) is 21.1. The lowest BCUT2D eigenvalue weighted by atomic mass is 9.99. The van der Waals surface area contributed by atoms with Crippen LogP contribution >= 0.6 is 0 Å². The fraction of sp³-hybridized carbons (Fsp3) is 0.471. The van der Waals surface area contributed by atoms with Crippen molar-refractivity contribution >= 4 is 23.6 Å². The van der Waals surface area contributed by atoms with Crippen LogP contribution < -0.4 is 16.4 Å². The number of anilines is 1. The number of benzene rings is 1. The molecule has 1 heterocycles. The minimum atomic E-state index is -0.786. The number of carbonyl (C=O) groups excluding carboxylic acids is 2. The molecule has 1 unspecified atom stereocenters. The molecule has 7 heteroatoms. The van der Waals surface area contributed by atoms with Crippen molar-refractivity contribution in [3.8, 4) is 0 Å². The van der Waals surface area contributed by atoms with Crippen molar-refractivity contribution in [3.63, 3.8) is 0 Å². The number of hydrogen-bond acceptors (Lipinski definition) is 3. The van der Waals surface area contributed by atoms with Gasteiger partial charge in [0.05, 0.1) is 0 Å². The number of aliphatic imine (C=N–C) groups is 1. The Morgan fingerprint density at radius 1 is 1.42 bits per heavy atom. The number of hydrogen-bond donors (Lipinski definition) is 3. The standard InChI is InChI=1S/C17H25N5O2/c1-4-17(3)14(23)22(16(24)21-17)10-6-9-19-15(18)20-13-8-5-7-12(2)11-13/h5,7-8,11H,4,6,9-10H2,1-3H3,(H,21,24)(H3,18,19,20). The van der Waals surface area contributed by atoms with Gasteiger partial charge in [-0.05, 0) is 44.4 Å². The third-order valence-corrected chi connectivity index (χ3v) is 4.16. The number of imide groups is 1. The van der Waals surface area contributed by atoms with Crippen LogP contribution in [0.1, 0.15) is 32.3 Å². The highest BCUT2D eigenvalue weighted by atomic mass is 16.2. The summed E-state index contributed by atoms with van der Waals surface area (Å²) in [6.07, 6.45) is 1.13. The maximum Gasteiger partial charge on any atom is 0.325 e. The molecule has 4 N–H and O–H groups in total. The molecule has 1 aliphatic rings. The number of rotatable bonds is 6. The first kappa shape index (κ1) is 17.8. The van der Waals surface area contributed by atoms with Crippen LogP contribution in [0, 0.1) is 6.92 Å². The molecule has 24 heavy (non-hydrogen) atoms. The van der Waals surface area contributed by atoms with Gasteiger partial charge in [0, 0.05) is 18.8 Å². The quantitative estimate of drug-likeness (QED) is 0.320. The van der Waals surface area contributed by atoms with E-state index in [1.165, 1.54) is 4.90 Å². The van der Waals surface area contributed by atoms with Gasteiger partial charge in [-0.2, -0.15) is 0 Å². The van der Waals surface area contributed by atoms with Crippen LogP contribution in [0.15, 0.2) is 29.3 Å². The zero-order valence-electron chi connectivity index (χ0n) is 14.4. The number of nitrogens with two attached hydrogens (primary N) is 1. The van der Waals surface area contributed by atoms with E-state index in [0.29, 0.717) is 31.9 Å². The molecule has 0 aromatic heterocycles. The summed E-state index contributed by atoms with van der Waals surface area (Å²) in [5.41, 5.74) is 7.07. The monoisotopic (exact) mass is 331 g/mol. The highest BCUT2D eigenvalue weighted by molar-refractivity contribution is 6.06. The van der Waals surface area contributed by atoms with Crippen molar-refractivity contribution in [1.82, 2.24) is 10.2 Å². The van der Waals surface area contributed by atoms with Crippen LogP contribution in [-0.2, 0) is 4.79 Å². The average molecular weight is 331 g/mol. The minimum absolute atomic E-state index is 0.176. The Morgan fingerprint density at radius 2 is 2.17 bits per heavy atom. The van der Waals surface area contributed by atoms with Crippen molar-refractivity contribution in [1.29, 1.82) is 0 Å². The summed E-state index contributed by atoms with van der Waals surface area (Å²) in [5.74, 6) is 0.140. The van der Waals surface area contributed by atoms with Gasteiger partial charge in [-0.15, -0.1) is 0 Å². The zero-order valence-corrected chi connectivity index (χ0v) is 14.4. The maximum atomic E-state index is 12.2. The summed E-state index contributed by atoms with van der Waals surface area (Å²) in [5, 5.41) is 5.75. The molecule has 0 saturated carbocycles. The van der Waals surface area contributed by atoms with E-state index in [9.17, 15) is 9.59 Å². The second-order valence-corrected chi connectivity index (χ2v) is 6.19. The van der Waals surface area contributed by atoms with Crippen LogP contribution in [0.25, 0.3) is 0 Å². The van der Waals surface area contributed by atoms with Crippen LogP contribution in [-0.4, -0.2) is 41.4 Å². The molecule has 1 saturated heterocycles. The third kappa shape index (κ3) is 4.04. The molecule has 130 valence electrons. The molecule has 1 atom stereocenters. The number of nitrogens with one attached hydrogen (secondary N) is 2. The summed E-state index contributed by atoms with van der Waals surface area (Å²) in [6.45, 7) is 6.39. The number of nitrogens with zero attached hydrogens (tertiary/aromatic N) is 2. The van der Waals surface area contributed by atoms with E-state index < -0.39 is 5.54 Å². The van der Waals surface area contributed by atoms with Crippen LogP contribution in [0.5, 0.6) is 0 Å². The van der Waals surface area contributed by atoms with E-state index in [1.54, 1.807) is 6.92 Å². The van der Waals surface area contributed by atoms with Gasteiger partial charge < -0.3 is 16.4 Å². The lowest BCUT2D eigenvalue weighted by Gasteiger charge is -2.19. The maximum absolute atomic E-state index is 12.2. The molecule has 0 spiro atoms. The second kappa shape index (κ2) is 7.33. The molecule has 3 amide bonds.